The number of likely N-dealkylation sites (tertiary alicyclic amines) is 1. The number of nitrogens with one attached hydrogen (secondary N) is 1. The summed E-state index contributed by atoms with van der Waals surface area (Å²) in [6.45, 7) is 2.47. The number of piperidine rings is 1. The van der Waals surface area contributed by atoms with Gasteiger partial charge in [-0.05, 0) is 37.6 Å². The summed E-state index contributed by atoms with van der Waals surface area (Å²) in [7, 11) is 1.78. The molecule has 0 aromatic heterocycles. The van der Waals surface area contributed by atoms with E-state index in [1.807, 2.05) is 30.4 Å². The largest absolute Gasteiger partial charge is 0.491 e. The Bertz CT molecular complexity index is 814. The van der Waals surface area contributed by atoms with Gasteiger partial charge >= 0.3 is 0 Å². The molecule has 1 saturated heterocycles. The Kier molecular flexibility index (Phi) is 5.09. The number of ether oxygens (including phenoxy) is 2. The Morgan fingerprint density at radius 2 is 2.19 bits per heavy atom. The van der Waals surface area contributed by atoms with Gasteiger partial charge in [0.25, 0.3) is 0 Å². The molecule has 3 atom stereocenters. The highest BCUT2D eigenvalue weighted by Crippen LogP contribution is 2.38. The molecule has 6 nitrogen and oxygen atoms in total. The molecule has 1 aromatic rings. The van der Waals surface area contributed by atoms with Gasteiger partial charge < -0.3 is 15.2 Å². The number of rotatable bonds is 3. The standard InChI is InChI=1S/C21H26N4O2/c1-26-14-6-5-11-25(12-14)18-13-27-19-10-3-2-7-15(19)21(18)24-17-9-4-8-16(22)20(17)23/h2-4,7-10,14,18,21,23H,5-6,11-13,22H2,1H3. The number of para-hydroxylation sites is 1. The first-order valence-electron chi connectivity index (χ1n) is 9.47. The monoisotopic (exact) mass is 366 g/mol. The average Bonchev–Trinajstić information content (AvgIpc) is 2.71. The van der Waals surface area contributed by atoms with Crippen molar-refractivity contribution in [2.45, 2.75) is 31.0 Å². The number of fused-ring (bicyclic) bond motifs is 1. The molecule has 3 aliphatic rings. The van der Waals surface area contributed by atoms with E-state index < -0.39 is 0 Å². The number of allylic oxidation sites excluding steroid dienone is 4. The summed E-state index contributed by atoms with van der Waals surface area (Å²) >= 11 is 0. The molecule has 3 unspecified atom stereocenters. The topological polar surface area (TPSA) is 83.9 Å². The van der Waals surface area contributed by atoms with Gasteiger partial charge in [0.2, 0.25) is 0 Å². The van der Waals surface area contributed by atoms with Crippen LogP contribution >= 0.6 is 0 Å². The van der Waals surface area contributed by atoms with Gasteiger partial charge in [-0.2, -0.15) is 0 Å². The van der Waals surface area contributed by atoms with Crippen LogP contribution in [0.3, 0.4) is 0 Å². The number of nitrogens with two attached hydrogens (primary N) is 1. The third-order valence-corrected chi connectivity index (χ3v) is 5.58. The Labute approximate surface area is 159 Å². The predicted octanol–water partition coefficient (Wildman–Crippen LogP) is 2.47. The highest BCUT2D eigenvalue weighted by Gasteiger charge is 2.37. The molecule has 4 rings (SSSR count). The zero-order valence-corrected chi connectivity index (χ0v) is 15.6. The minimum atomic E-state index is -0.101. The molecule has 27 heavy (non-hydrogen) atoms. The summed E-state index contributed by atoms with van der Waals surface area (Å²) in [4.78, 5) is 7.43. The number of hydrogen-bond acceptors (Lipinski definition) is 6. The van der Waals surface area contributed by atoms with Crippen LogP contribution in [0.2, 0.25) is 0 Å². The third-order valence-electron chi connectivity index (χ3n) is 5.58. The van der Waals surface area contributed by atoms with E-state index in [9.17, 15) is 0 Å². The van der Waals surface area contributed by atoms with E-state index in [-0.39, 0.29) is 23.9 Å². The molecule has 1 aliphatic carbocycles. The van der Waals surface area contributed by atoms with E-state index in [0.29, 0.717) is 18.0 Å². The lowest BCUT2D eigenvalue weighted by atomic mass is 9.93. The number of benzene rings is 1. The SMILES string of the molecule is COC1CCCN(C2COc3ccccc3C2N=C2C=CC=C(N)C2=N)C1. The highest BCUT2D eigenvalue weighted by atomic mass is 16.5. The second kappa shape index (κ2) is 7.66. The summed E-state index contributed by atoms with van der Waals surface area (Å²) in [6, 6.07) is 8.07. The average molecular weight is 366 g/mol. The Morgan fingerprint density at radius 1 is 1.33 bits per heavy atom. The second-order valence-corrected chi connectivity index (χ2v) is 7.23. The van der Waals surface area contributed by atoms with Gasteiger partial charge in [0.05, 0.1) is 29.6 Å². The van der Waals surface area contributed by atoms with Crippen LogP contribution in [0.25, 0.3) is 0 Å². The van der Waals surface area contributed by atoms with Crippen LogP contribution in [0, 0.1) is 5.41 Å². The van der Waals surface area contributed by atoms with Crippen molar-refractivity contribution in [2.24, 2.45) is 10.7 Å². The van der Waals surface area contributed by atoms with E-state index in [2.05, 4.69) is 11.0 Å². The van der Waals surface area contributed by atoms with Crippen LogP contribution in [0.4, 0.5) is 0 Å². The smallest absolute Gasteiger partial charge is 0.124 e. The second-order valence-electron chi connectivity index (χ2n) is 7.23. The number of aliphatic imine (C=N–C) groups is 1. The lowest BCUT2D eigenvalue weighted by Crippen LogP contribution is -2.51. The van der Waals surface area contributed by atoms with Gasteiger partial charge in [-0.15, -0.1) is 0 Å². The summed E-state index contributed by atoms with van der Waals surface area (Å²) in [5, 5.41) is 8.29. The molecule has 142 valence electrons. The first-order chi connectivity index (χ1) is 13.2. The molecule has 0 saturated carbocycles. The van der Waals surface area contributed by atoms with Crippen LogP contribution < -0.4 is 10.5 Å². The van der Waals surface area contributed by atoms with Crippen molar-refractivity contribution in [1.82, 2.24) is 4.90 Å². The summed E-state index contributed by atoms with van der Waals surface area (Å²) in [6.07, 6.45) is 7.90. The van der Waals surface area contributed by atoms with Crippen molar-refractivity contribution in [2.75, 3.05) is 26.8 Å². The van der Waals surface area contributed by atoms with E-state index in [1.54, 1.807) is 13.2 Å². The molecule has 1 fully saturated rings. The maximum absolute atomic E-state index is 8.29. The van der Waals surface area contributed by atoms with Crippen molar-refractivity contribution < 1.29 is 9.47 Å². The molecule has 0 amide bonds. The lowest BCUT2D eigenvalue weighted by Gasteiger charge is -2.42. The Balaban J connectivity index is 1.70. The van der Waals surface area contributed by atoms with Gasteiger partial charge in [-0.25, -0.2) is 0 Å². The maximum Gasteiger partial charge on any atom is 0.124 e. The number of methoxy groups -OCH3 is 1. The van der Waals surface area contributed by atoms with E-state index in [0.717, 1.165) is 37.2 Å². The molecule has 1 aromatic carbocycles. The predicted molar refractivity (Wildman–Crippen MR) is 107 cm³/mol. The van der Waals surface area contributed by atoms with E-state index in [4.69, 9.17) is 25.6 Å². The van der Waals surface area contributed by atoms with Crippen molar-refractivity contribution in [3.63, 3.8) is 0 Å². The summed E-state index contributed by atoms with van der Waals surface area (Å²) in [5.74, 6) is 0.873. The van der Waals surface area contributed by atoms with Crippen molar-refractivity contribution in [1.29, 1.82) is 5.41 Å². The molecule has 2 heterocycles. The van der Waals surface area contributed by atoms with Crippen LogP contribution in [0.15, 0.2) is 53.2 Å². The third kappa shape index (κ3) is 3.55. The van der Waals surface area contributed by atoms with Crippen LogP contribution in [0.1, 0.15) is 24.4 Å². The molecule has 0 radical (unpaired) electrons. The van der Waals surface area contributed by atoms with Gasteiger partial charge in [0.15, 0.2) is 0 Å². The molecule has 6 heteroatoms. The molecule has 3 N–H and O–H groups in total. The lowest BCUT2D eigenvalue weighted by molar-refractivity contribution is -0.00421. The first-order valence-corrected chi connectivity index (χ1v) is 9.47. The Hall–Kier alpha value is -2.44. The van der Waals surface area contributed by atoms with Gasteiger partial charge in [-0.3, -0.25) is 15.3 Å². The maximum atomic E-state index is 8.29. The number of nitrogens with zero attached hydrogens (tertiary/aromatic N) is 2. The van der Waals surface area contributed by atoms with Crippen molar-refractivity contribution >= 4 is 11.4 Å². The minimum Gasteiger partial charge on any atom is -0.491 e. The van der Waals surface area contributed by atoms with Crippen LogP contribution in [0.5, 0.6) is 5.75 Å². The normalized spacial score (nSPS) is 30.0. The van der Waals surface area contributed by atoms with Crippen LogP contribution in [-0.2, 0) is 4.74 Å². The fourth-order valence-electron chi connectivity index (χ4n) is 4.07. The fourth-order valence-corrected chi connectivity index (χ4v) is 4.07. The first kappa shape index (κ1) is 17.9. The quantitative estimate of drug-likeness (QED) is 0.805. The molecule has 0 spiro atoms. The zero-order valence-electron chi connectivity index (χ0n) is 15.6. The fraction of sp³-hybridized carbons (Fsp3) is 0.429. The summed E-state index contributed by atoms with van der Waals surface area (Å²) in [5.41, 5.74) is 8.36. The minimum absolute atomic E-state index is 0.101. The summed E-state index contributed by atoms with van der Waals surface area (Å²) < 4.78 is 11.7. The van der Waals surface area contributed by atoms with E-state index in [1.165, 1.54) is 0 Å². The van der Waals surface area contributed by atoms with Gasteiger partial charge in [0.1, 0.15) is 18.1 Å². The van der Waals surface area contributed by atoms with Gasteiger partial charge in [-0.1, -0.05) is 24.3 Å². The molecule has 2 aliphatic heterocycles. The zero-order chi connectivity index (χ0) is 18.8. The van der Waals surface area contributed by atoms with Crippen molar-refractivity contribution in [3.05, 3.63) is 53.8 Å². The Morgan fingerprint density at radius 3 is 3.04 bits per heavy atom. The number of hydrogen-bond donors (Lipinski definition) is 2. The molecule has 0 bridgehead atoms. The van der Waals surface area contributed by atoms with Gasteiger partial charge in [0, 0.05) is 19.2 Å². The molecular formula is C21H26N4O2. The van der Waals surface area contributed by atoms with E-state index >= 15 is 0 Å². The van der Waals surface area contributed by atoms with Crippen LogP contribution in [-0.4, -0.2) is 55.3 Å². The van der Waals surface area contributed by atoms with Crippen molar-refractivity contribution in [3.8, 4) is 5.75 Å². The molecular weight excluding hydrogens is 340 g/mol. The highest BCUT2D eigenvalue weighted by molar-refractivity contribution is 6.51.